The largest absolute Gasteiger partial charge is 0.355 e. The first-order valence-electron chi connectivity index (χ1n) is 9.66. The zero-order valence-corrected chi connectivity index (χ0v) is 15.8. The molecule has 0 radical (unpaired) electrons. The average molecular weight is 382 g/mol. The number of nitrogens with one attached hydrogen (secondary N) is 1. The summed E-state index contributed by atoms with van der Waals surface area (Å²) in [6, 6.07) is 30.6. The van der Waals surface area contributed by atoms with Crippen LogP contribution in [0.5, 0.6) is 0 Å². The zero-order valence-electron chi connectivity index (χ0n) is 15.8. The predicted molar refractivity (Wildman–Crippen MR) is 120 cm³/mol. The van der Waals surface area contributed by atoms with Crippen molar-refractivity contribution in [2.45, 2.75) is 0 Å². The minimum Gasteiger partial charge on any atom is -0.355 e. The smallest absolute Gasteiger partial charge is 0.0991 e. The molecule has 0 aliphatic rings. The summed E-state index contributed by atoms with van der Waals surface area (Å²) in [6.07, 6.45) is 0. The molecule has 4 aromatic carbocycles. The number of nitriles is 2. The highest BCUT2D eigenvalue weighted by atomic mass is 15.0. The van der Waals surface area contributed by atoms with Crippen LogP contribution >= 0.6 is 0 Å². The Morgan fingerprint density at radius 2 is 1.23 bits per heavy atom. The molecule has 0 bridgehead atoms. The third-order valence-electron chi connectivity index (χ3n) is 5.77. The lowest BCUT2D eigenvalue weighted by Gasteiger charge is -2.08. The van der Waals surface area contributed by atoms with Gasteiger partial charge in [0.2, 0.25) is 0 Å². The van der Waals surface area contributed by atoms with Crippen LogP contribution in [0.1, 0.15) is 11.1 Å². The molecule has 0 unspecified atom stereocenters. The van der Waals surface area contributed by atoms with Crippen molar-refractivity contribution in [3.05, 3.63) is 90.0 Å². The summed E-state index contributed by atoms with van der Waals surface area (Å²) in [5, 5.41) is 23.1. The van der Waals surface area contributed by atoms with E-state index in [1.807, 2.05) is 42.5 Å². The molecule has 4 heteroatoms. The maximum atomic E-state index is 9.38. The molecule has 2 heterocycles. The molecule has 0 fully saturated rings. The average Bonchev–Trinajstić information content (AvgIpc) is 3.33. The molecule has 138 valence electrons. The van der Waals surface area contributed by atoms with Gasteiger partial charge in [0.1, 0.15) is 0 Å². The minimum atomic E-state index is 0.607. The number of fused-ring (bicyclic) bond motifs is 6. The molecular formula is C26H14N4. The summed E-state index contributed by atoms with van der Waals surface area (Å²) in [5.41, 5.74) is 6.49. The third-order valence-corrected chi connectivity index (χ3v) is 5.77. The van der Waals surface area contributed by atoms with Gasteiger partial charge in [0.05, 0.1) is 34.3 Å². The van der Waals surface area contributed by atoms with Crippen molar-refractivity contribution in [2.24, 2.45) is 0 Å². The van der Waals surface area contributed by atoms with Crippen molar-refractivity contribution in [3.8, 4) is 17.8 Å². The Bertz CT molecular complexity index is 1650. The molecule has 1 N–H and O–H groups in total. The number of para-hydroxylation sites is 1. The SMILES string of the molecule is N#Cc1ccc2c(c1)c1cc(C#N)ccc1n2-c1ccc2[nH]c3ccccc3c2c1. The Labute approximate surface area is 171 Å². The van der Waals surface area contributed by atoms with Crippen LogP contribution in [0.2, 0.25) is 0 Å². The van der Waals surface area contributed by atoms with Gasteiger partial charge in [0.25, 0.3) is 0 Å². The molecule has 0 aliphatic carbocycles. The summed E-state index contributed by atoms with van der Waals surface area (Å²) in [7, 11) is 0. The van der Waals surface area contributed by atoms with E-state index in [9.17, 15) is 10.5 Å². The van der Waals surface area contributed by atoms with E-state index in [1.54, 1.807) is 0 Å². The highest BCUT2D eigenvalue weighted by Gasteiger charge is 2.15. The fourth-order valence-electron chi connectivity index (χ4n) is 4.42. The predicted octanol–water partition coefficient (Wildman–Crippen LogP) is 6.16. The Morgan fingerprint density at radius 1 is 0.600 bits per heavy atom. The normalized spacial score (nSPS) is 11.3. The van der Waals surface area contributed by atoms with E-state index in [2.05, 4.69) is 58.1 Å². The Kier molecular flexibility index (Phi) is 3.27. The molecule has 0 saturated heterocycles. The summed E-state index contributed by atoms with van der Waals surface area (Å²) >= 11 is 0. The maximum Gasteiger partial charge on any atom is 0.0991 e. The van der Waals surface area contributed by atoms with Gasteiger partial charge < -0.3 is 9.55 Å². The molecule has 0 spiro atoms. The van der Waals surface area contributed by atoms with Crippen molar-refractivity contribution < 1.29 is 0 Å². The highest BCUT2D eigenvalue weighted by Crippen LogP contribution is 2.35. The van der Waals surface area contributed by atoms with Gasteiger partial charge in [0.15, 0.2) is 0 Å². The molecule has 6 rings (SSSR count). The molecule has 0 amide bonds. The van der Waals surface area contributed by atoms with Gasteiger partial charge in [-0.25, -0.2) is 0 Å². The monoisotopic (exact) mass is 382 g/mol. The first kappa shape index (κ1) is 16.4. The van der Waals surface area contributed by atoms with Crippen LogP contribution in [0.15, 0.2) is 78.9 Å². The van der Waals surface area contributed by atoms with E-state index in [4.69, 9.17) is 0 Å². The molecule has 0 saturated carbocycles. The van der Waals surface area contributed by atoms with Crippen LogP contribution in [-0.2, 0) is 0 Å². The number of benzene rings is 4. The van der Waals surface area contributed by atoms with Gasteiger partial charge in [-0.05, 0) is 60.7 Å². The number of H-pyrrole nitrogens is 1. The molecule has 30 heavy (non-hydrogen) atoms. The number of nitrogens with zero attached hydrogens (tertiary/aromatic N) is 3. The van der Waals surface area contributed by atoms with Crippen LogP contribution in [0.3, 0.4) is 0 Å². The zero-order chi connectivity index (χ0) is 20.2. The fraction of sp³-hybridized carbons (Fsp3) is 0. The standard InChI is InChI=1S/C26H14N4/c27-14-16-5-9-25-21(11-16)22-12-17(15-28)6-10-26(22)30(25)18-7-8-24-20(13-18)19-3-1-2-4-23(19)29-24/h1-13,29H. The second-order valence-electron chi connectivity index (χ2n) is 7.42. The maximum absolute atomic E-state index is 9.38. The van der Waals surface area contributed by atoms with Crippen molar-refractivity contribution in [3.63, 3.8) is 0 Å². The summed E-state index contributed by atoms with van der Waals surface area (Å²) in [5.74, 6) is 0. The van der Waals surface area contributed by atoms with Gasteiger partial charge in [-0.2, -0.15) is 10.5 Å². The van der Waals surface area contributed by atoms with E-state index in [-0.39, 0.29) is 0 Å². The lowest BCUT2D eigenvalue weighted by Crippen LogP contribution is -1.93. The van der Waals surface area contributed by atoms with E-state index >= 15 is 0 Å². The first-order chi connectivity index (χ1) is 14.8. The third kappa shape index (κ3) is 2.19. The molecule has 6 aromatic rings. The molecule has 4 nitrogen and oxygen atoms in total. The fourth-order valence-corrected chi connectivity index (χ4v) is 4.42. The summed E-state index contributed by atoms with van der Waals surface area (Å²) in [6.45, 7) is 0. The second kappa shape index (κ2) is 5.98. The van der Waals surface area contributed by atoms with Gasteiger partial charge in [0, 0.05) is 38.3 Å². The Hall–Kier alpha value is -4.54. The van der Waals surface area contributed by atoms with Crippen LogP contribution in [0, 0.1) is 22.7 Å². The second-order valence-corrected chi connectivity index (χ2v) is 7.42. The van der Waals surface area contributed by atoms with Gasteiger partial charge in [-0.1, -0.05) is 18.2 Å². The first-order valence-corrected chi connectivity index (χ1v) is 9.66. The van der Waals surface area contributed by atoms with Crippen molar-refractivity contribution in [2.75, 3.05) is 0 Å². The summed E-state index contributed by atoms with van der Waals surface area (Å²) < 4.78 is 2.20. The number of hydrogen-bond donors (Lipinski definition) is 1. The van der Waals surface area contributed by atoms with E-state index in [0.717, 1.165) is 38.5 Å². The Morgan fingerprint density at radius 3 is 1.90 bits per heavy atom. The Balaban J connectivity index is 1.74. The number of hydrogen-bond acceptors (Lipinski definition) is 2. The van der Waals surface area contributed by atoms with Gasteiger partial charge >= 0.3 is 0 Å². The highest BCUT2D eigenvalue weighted by molar-refractivity contribution is 6.11. The minimum absolute atomic E-state index is 0.607. The van der Waals surface area contributed by atoms with Gasteiger partial charge in [-0.15, -0.1) is 0 Å². The quantitative estimate of drug-likeness (QED) is 0.370. The van der Waals surface area contributed by atoms with Crippen molar-refractivity contribution in [1.82, 2.24) is 9.55 Å². The molecule has 0 aliphatic heterocycles. The van der Waals surface area contributed by atoms with E-state index in [0.29, 0.717) is 11.1 Å². The lowest BCUT2D eigenvalue weighted by molar-refractivity contribution is 1.18. The molecule has 0 atom stereocenters. The van der Waals surface area contributed by atoms with Crippen molar-refractivity contribution >= 4 is 43.6 Å². The number of aromatic nitrogens is 2. The topological polar surface area (TPSA) is 68.3 Å². The van der Waals surface area contributed by atoms with Gasteiger partial charge in [-0.3, -0.25) is 0 Å². The van der Waals surface area contributed by atoms with E-state index in [1.165, 1.54) is 10.8 Å². The van der Waals surface area contributed by atoms with Crippen LogP contribution in [-0.4, -0.2) is 9.55 Å². The van der Waals surface area contributed by atoms with Crippen LogP contribution < -0.4 is 0 Å². The van der Waals surface area contributed by atoms with Crippen molar-refractivity contribution in [1.29, 1.82) is 10.5 Å². The number of aromatic amines is 1. The molecule has 2 aromatic heterocycles. The number of rotatable bonds is 1. The van der Waals surface area contributed by atoms with Crippen LogP contribution in [0.4, 0.5) is 0 Å². The lowest BCUT2D eigenvalue weighted by atomic mass is 10.1. The molecular weight excluding hydrogens is 368 g/mol. The van der Waals surface area contributed by atoms with Crippen LogP contribution in [0.25, 0.3) is 49.3 Å². The summed E-state index contributed by atoms with van der Waals surface area (Å²) in [4.78, 5) is 3.47. The van der Waals surface area contributed by atoms with E-state index < -0.39 is 0 Å².